The number of aliphatic hydroxyl groups excluding tert-OH is 1. The van der Waals surface area contributed by atoms with Gasteiger partial charge in [0.1, 0.15) is 0 Å². The van der Waals surface area contributed by atoms with Crippen molar-refractivity contribution in [1.82, 2.24) is 4.90 Å². The minimum absolute atomic E-state index is 0.0294. The van der Waals surface area contributed by atoms with Gasteiger partial charge in [0, 0.05) is 60.9 Å². The Morgan fingerprint density at radius 3 is 2.18 bits per heavy atom. The number of hydrogen-bond donors (Lipinski definition) is 1. The quantitative estimate of drug-likeness (QED) is 0.291. The number of ether oxygens (including phenoxy) is 1. The van der Waals surface area contributed by atoms with Gasteiger partial charge in [0.15, 0.2) is 5.60 Å². The van der Waals surface area contributed by atoms with E-state index in [2.05, 4.69) is 0 Å². The van der Waals surface area contributed by atoms with Crippen LogP contribution in [0.3, 0.4) is 0 Å². The number of hydrogen-bond acceptors (Lipinski definition) is 6. The number of carbonyl (C=O) groups is 4. The Kier molecular flexibility index (Phi) is 9.40. The second-order valence-electron chi connectivity index (χ2n) is 15.3. The molecule has 5 heterocycles. The summed E-state index contributed by atoms with van der Waals surface area (Å²) >= 11 is 0. The number of likely N-dealkylation sites (tertiary alicyclic amines) is 1. The lowest BCUT2D eigenvalue weighted by molar-refractivity contribution is -0.150. The third-order valence-electron chi connectivity index (χ3n) is 11.8. The summed E-state index contributed by atoms with van der Waals surface area (Å²) in [6, 6.07) is 13.1. The van der Waals surface area contributed by atoms with E-state index in [1.165, 1.54) is 0 Å². The molecule has 5 atom stereocenters. The Labute approximate surface area is 294 Å². The molecule has 10 nitrogen and oxygen atoms in total. The normalized spacial score (nSPS) is 28.7. The van der Waals surface area contributed by atoms with Crippen LogP contribution in [0.25, 0.3) is 0 Å². The maximum atomic E-state index is 16.5. The van der Waals surface area contributed by atoms with Crippen molar-refractivity contribution >= 4 is 49.1 Å². The van der Waals surface area contributed by atoms with Crippen LogP contribution >= 0.6 is 0 Å². The highest BCUT2D eigenvalue weighted by Gasteiger charge is 2.67. The summed E-state index contributed by atoms with van der Waals surface area (Å²) in [6.07, 6.45) is 5.19. The predicted octanol–water partition coefficient (Wildman–Crippen LogP) is 5.42. The van der Waals surface area contributed by atoms with Gasteiger partial charge in [0.25, 0.3) is 5.91 Å². The van der Waals surface area contributed by atoms with E-state index in [0.717, 1.165) is 49.8 Å². The average molecular weight is 705 g/mol. The number of rotatable bonds is 8. The van der Waals surface area contributed by atoms with E-state index in [-0.39, 0.29) is 49.2 Å². The fourth-order valence-corrected chi connectivity index (χ4v) is 11.8. The number of amides is 4. The lowest BCUT2D eigenvalue weighted by Gasteiger charge is -2.32. The third-order valence-corrected chi connectivity index (χ3v) is 14.2. The monoisotopic (exact) mass is 704 g/mol. The molecule has 5 aliphatic heterocycles. The molecule has 1 spiro atoms. The first kappa shape index (κ1) is 34.8. The topological polar surface area (TPSA) is 111 Å². The number of halogens is 1. The molecular formula is C38H49FN4O6Si. The Hall–Kier alpha value is -3.61. The van der Waals surface area contributed by atoms with Gasteiger partial charge in [-0.25, -0.2) is 0 Å². The number of benzene rings is 2. The van der Waals surface area contributed by atoms with Crippen LogP contribution in [0, 0.1) is 5.92 Å². The van der Waals surface area contributed by atoms with Crippen LogP contribution in [0.4, 0.5) is 21.2 Å². The second kappa shape index (κ2) is 13.5. The lowest BCUT2D eigenvalue weighted by Crippen LogP contribution is -2.45. The molecule has 7 rings (SSSR count). The van der Waals surface area contributed by atoms with E-state index in [0.29, 0.717) is 49.4 Å². The van der Waals surface area contributed by atoms with Crippen LogP contribution in [0.2, 0.25) is 18.6 Å². The van der Waals surface area contributed by atoms with Crippen molar-refractivity contribution < 1.29 is 33.1 Å². The number of aliphatic hydroxyl groups is 1. The Morgan fingerprint density at radius 1 is 0.920 bits per heavy atom. The van der Waals surface area contributed by atoms with E-state index in [1.807, 2.05) is 54.3 Å². The Balaban J connectivity index is 1.26. The molecule has 0 saturated carbocycles. The molecular weight excluding hydrogens is 656 g/mol. The molecule has 0 radical (unpaired) electrons. The number of fused-ring (bicyclic) bond motifs is 2. The van der Waals surface area contributed by atoms with Crippen molar-refractivity contribution in [3.63, 3.8) is 0 Å². The Bertz CT molecular complexity index is 1670. The number of piperidine rings is 2. The van der Waals surface area contributed by atoms with Crippen LogP contribution in [-0.4, -0.2) is 80.4 Å². The standard InChI is InChI=1S/C38H49FN4O6Si/c1-25-36(50(2,3)39)32(22-35(47)42-20-8-9-29(42)24-44)49-38(25)30-21-28(41-19-7-5-11-34(41)46)16-17-31(30)43(37(38)48)23-26-12-14-27(15-13-26)40-18-6-4-10-33(40)45/h12-17,21,25,29,32,36,44H,4-11,18-20,22-24H2,1-3H3/t25-,29+,32+,36-,38+/m1/s1. The molecule has 2 aromatic carbocycles. The van der Waals surface area contributed by atoms with Gasteiger partial charge in [0.05, 0.1) is 37.4 Å². The fraction of sp³-hybridized carbons (Fsp3) is 0.579. The summed E-state index contributed by atoms with van der Waals surface area (Å²) in [4.78, 5) is 61.2. The molecule has 4 saturated heterocycles. The van der Waals surface area contributed by atoms with Crippen molar-refractivity contribution in [2.24, 2.45) is 5.92 Å². The molecule has 0 aliphatic carbocycles. The van der Waals surface area contributed by atoms with Crippen LogP contribution in [0.15, 0.2) is 42.5 Å². The molecule has 4 amide bonds. The molecule has 0 unspecified atom stereocenters. The molecule has 50 heavy (non-hydrogen) atoms. The van der Waals surface area contributed by atoms with Crippen molar-refractivity contribution in [2.75, 3.05) is 40.9 Å². The molecule has 12 heteroatoms. The maximum Gasteiger partial charge on any atom is 0.264 e. The molecule has 0 aromatic heterocycles. The fourth-order valence-electron chi connectivity index (χ4n) is 9.33. The summed E-state index contributed by atoms with van der Waals surface area (Å²) in [6.45, 7) is 7.03. The largest absolute Gasteiger partial charge is 0.394 e. The van der Waals surface area contributed by atoms with Crippen LogP contribution in [-0.2, 0) is 36.1 Å². The third kappa shape index (κ3) is 5.96. The average Bonchev–Trinajstić information content (AvgIpc) is 3.76. The van der Waals surface area contributed by atoms with Gasteiger partial charge in [-0.3, -0.25) is 19.2 Å². The lowest BCUT2D eigenvalue weighted by atomic mass is 9.82. The molecule has 5 aliphatic rings. The summed E-state index contributed by atoms with van der Waals surface area (Å²) in [7, 11) is -3.52. The number of anilines is 3. The zero-order valence-corrected chi connectivity index (χ0v) is 30.4. The van der Waals surface area contributed by atoms with Crippen LogP contribution in [0.1, 0.15) is 75.8 Å². The highest BCUT2D eigenvalue weighted by molar-refractivity contribution is 6.72. The van der Waals surface area contributed by atoms with Crippen molar-refractivity contribution in [3.8, 4) is 0 Å². The Morgan fingerprint density at radius 2 is 1.56 bits per heavy atom. The molecule has 268 valence electrons. The zero-order valence-electron chi connectivity index (χ0n) is 29.4. The van der Waals surface area contributed by atoms with E-state index in [1.54, 1.807) is 27.8 Å². The maximum absolute atomic E-state index is 16.5. The van der Waals surface area contributed by atoms with E-state index >= 15 is 8.90 Å². The smallest absolute Gasteiger partial charge is 0.264 e. The minimum Gasteiger partial charge on any atom is -0.394 e. The first-order valence-corrected chi connectivity index (χ1v) is 21.3. The molecule has 2 aromatic rings. The molecule has 0 bridgehead atoms. The summed E-state index contributed by atoms with van der Waals surface area (Å²) in [5, 5.41) is 9.90. The SMILES string of the molecule is C[C@@H]1[C@@H]([Si](C)(C)F)[C@H](CC(=O)N2CCC[C@H]2CO)O[C@@]12C(=O)N(Cc1ccc(N3CCCCC3=O)cc1)c1ccc(N3CCCCC3=O)cc12. The van der Waals surface area contributed by atoms with Crippen LogP contribution in [0.5, 0.6) is 0 Å². The summed E-state index contributed by atoms with van der Waals surface area (Å²) < 4.78 is 23.4. The van der Waals surface area contributed by atoms with E-state index < -0.39 is 31.6 Å². The van der Waals surface area contributed by atoms with Gasteiger partial charge in [-0.15, -0.1) is 0 Å². The number of nitrogens with zero attached hydrogens (tertiary/aromatic N) is 4. The zero-order chi connectivity index (χ0) is 35.4. The van der Waals surface area contributed by atoms with E-state index in [4.69, 9.17) is 4.74 Å². The molecule has 1 N–H and O–H groups in total. The predicted molar refractivity (Wildman–Crippen MR) is 191 cm³/mol. The summed E-state index contributed by atoms with van der Waals surface area (Å²) in [5.74, 6) is -0.938. The first-order chi connectivity index (χ1) is 23.9. The van der Waals surface area contributed by atoms with Gasteiger partial charge in [-0.2, -0.15) is 0 Å². The molecule has 4 fully saturated rings. The van der Waals surface area contributed by atoms with Gasteiger partial charge >= 0.3 is 0 Å². The van der Waals surface area contributed by atoms with Gasteiger partial charge < -0.3 is 33.6 Å². The summed E-state index contributed by atoms with van der Waals surface area (Å²) in [5.41, 5.74) is 1.44. The van der Waals surface area contributed by atoms with Gasteiger partial charge in [0.2, 0.25) is 26.1 Å². The van der Waals surface area contributed by atoms with Crippen molar-refractivity contribution in [3.05, 3.63) is 53.6 Å². The second-order valence-corrected chi connectivity index (χ2v) is 19.1. The van der Waals surface area contributed by atoms with Crippen LogP contribution < -0.4 is 14.7 Å². The highest BCUT2D eigenvalue weighted by atomic mass is 28.4. The first-order valence-electron chi connectivity index (χ1n) is 18.4. The van der Waals surface area contributed by atoms with Gasteiger partial charge in [-0.1, -0.05) is 19.1 Å². The van der Waals surface area contributed by atoms with Crippen molar-refractivity contribution in [2.45, 2.75) is 108 Å². The van der Waals surface area contributed by atoms with Gasteiger partial charge in [-0.05, 0) is 87.5 Å². The van der Waals surface area contributed by atoms with E-state index in [9.17, 15) is 19.5 Å². The van der Waals surface area contributed by atoms with Crippen molar-refractivity contribution in [1.29, 1.82) is 0 Å². The highest BCUT2D eigenvalue weighted by Crippen LogP contribution is 2.61. The minimum atomic E-state index is -3.52. The number of carbonyl (C=O) groups excluding carboxylic acids is 4.